The Labute approximate surface area is 82.9 Å². The van der Waals surface area contributed by atoms with Gasteiger partial charge in [-0.05, 0) is 25.7 Å². The molecule has 0 aromatic heterocycles. The summed E-state index contributed by atoms with van der Waals surface area (Å²) in [5.41, 5.74) is -0.737. The predicted molar refractivity (Wildman–Crippen MR) is 48.4 cm³/mol. The van der Waals surface area contributed by atoms with E-state index >= 15 is 0 Å². The molecule has 14 heavy (non-hydrogen) atoms. The van der Waals surface area contributed by atoms with Crippen molar-refractivity contribution in [1.29, 1.82) is 0 Å². The molecule has 0 radical (unpaired) electrons. The van der Waals surface area contributed by atoms with E-state index in [9.17, 15) is 9.90 Å². The van der Waals surface area contributed by atoms with Crippen molar-refractivity contribution in [3.05, 3.63) is 0 Å². The fraction of sp³-hybridized carbons (Fsp3) is 0.900. The summed E-state index contributed by atoms with van der Waals surface area (Å²) in [6.07, 6.45) is 1.49. The lowest BCUT2D eigenvalue weighted by molar-refractivity contribution is -0.168. The second kappa shape index (κ2) is 3.21. The maximum absolute atomic E-state index is 11.3. The van der Waals surface area contributed by atoms with Gasteiger partial charge in [0.2, 0.25) is 0 Å². The van der Waals surface area contributed by atoms with Crippen LogP contribution in [0.3, 0.4) is 0 Å². The third kappa shape index (κ3) is 1.33. The molecule has 2 N–H and O–H groups in total. The van der Waals surface area contributed by atoms with E-state index in [0.29, 0.717) is 13.0 Å². The zero-order valence-corrected chi connectivity index (χ0v) is 8.27. The second-order valence-electron chi connectivity index (χ2n) is 4.59. The first kappa shape index (κ1) is 9.93. The lowest BCUT2D eigenvalue weighted by atomic mass is 9.79. The van der Waals surface area contributed by atoms with Crippen LogP contribution >= 0.6 is 0 Å². The minimum Gasteiger partial charge on any atom is -0.465 e. The van der Waals surface area contributed by atoms with Crippen LogP contribution in [0, 0.1) is 17.8 Å². The van der Waals surface area contributed by atoms with Gasteiger partial charge in [-0.25, -0.2) is 0 Å². The molecule has 0 amide bonds. The van der Waals surface area contributed by atoms with Gasteiger partial charge in [-0.1, -0.05) is 0 Å². The van der Waals surface area contributed by atoms with Gasteiger partial charge in [0.05, 0.1) is 24.7 Å². The average molecular weight is 200 g/mol. The highest BCUT2D eigenvalue weighted by Crippen LogP contribution is 2.46. The number of cyclic esters (lactones) is 1. The molecule has 0 spiro atoms. The van der Waals surface area contributed by atoms with Gasteiger partial charge in [0.15, 0.2) is 0 Å². The van der Waals surface area contributed by atoms with Crippen LogP contribution in [0.15, 0.2) is 0 Å². The van der Waals surface area contributed by atoms with Crippen LogP contribution in [-0.2, 0) is 9.53 Å². The van der Waals surface area contributed by atoms with Crippen molar-refractivity contribution in [3.63, 3.8) is 0 Å². The molecule has 80 valence electrons. The molecule has 0 aromatic carbocycles. The van der Waals surface area contributed by atoms with Gasteiger partial charge in [-0.2, -0.15) is 0 Å². The summed E-state index contributed by atoms with van der Waals surface area (Å²) in [4.78, 5) is 11.3. The fourth-order valence-electron chi connectivity index (χ4n) is 2.76. The zero-order chi connectivity index (χ0) is 10.3. The normalized spacial score (nSPS) is 47.4. The van der Waals surface area contributed by atoms with E-state index in [1.807, 2.05) is 0 Å². The lowest BCUT2D eigenvalue weighted by Crippen LogP contribution is -2.45. The van der Waals surface area contributed by atoms with Crippen LogP contribution in [0.1, 0.15) is 19.8 Å². The van der Waals surface area contributed by atoms with Crippen LogP contribution in [-0.4, -0.2) is 35.0 Å². The topological polar surface area (TPSA) is 66.8 Å². The highest BCUT2D eigenvalue weighted by molar-refractivity contribution is 5.74. The van der Waals surface area contributed by atoms with Crippen molar-refractivity contribution in [2.24, 2.45) is 17.8 Å². The summed E-state index contributed by atoms with van der Waals surface area (Å²) >= 11 is 0. The van der Waals surface area contributed by atoms with Gasteiger partial charge >= 0.3 is 5.97 Å². The number of aliphatic hydroxyl groups excluding tert-OH is 1. The predicted octanol–water partition coefficient (Wildman–Crippen LogP) is -0.0711. The van der Waals surface area contributed by atoms with E-state index in [0.717, 1.165) is 6.42 Å². The molecular formula is C10H16O4. The first-order valence-electron chi connectivity index (χ1n) is 5.06. The molecule has 0 aromatic rings. The molecule has 4 unspecified atom stereocenters. The molecule has 2 fully saturated rings. The van der Waals surface area contributed by atoms with Crippen molar-refractivity contribution in [3.8, 4) is 0 Å². The number of aliphatic hydroxyl groups is 2. The van der Waals surface area contributed by atoms with Crippen LogP contribution in [0.2, 0.25) is 0 Å². The van der Waals surface area contributed by atoms with Gasteiger partial charge in [0.1, 0.15) is 0 Å². The molecule has 1 aliphatic carbocycles. The summed E-state index contributed by atoms with van der Waals surface area (Å²) in [7, 11) is 0. The Hall–Kier alpha value is -0.610. The Bertz CT molecular complexity index is 249. The Kier molecular flexibility index (Phi) is 2.27. The monoisotopic (exact) mass is 200 g/mol. The molecule has 4 heteroatoms. The Balaban J connectivity index is 2.20. The van der Waals surface area contributed by atoms with Crippen LogP contribution in [0.5, 0.6) is 0 Å². The largest absolute Gasteiger partial charge is 0.465 e. The number of esters is 1. The molecule has 4 atom stereocenters. The summed E-state index contributed by atoms with van der Waals surface area (Å²) in [6, 6.07) is 0. The maximum Gasteiger partial charge on any atom is 0.311 e. The van der Waals surface area contributed by atoms with Crippen molar-refractivity contribution in [2.45, 2.75) is 25.4 Å². The highest BCUT2D eigenvalue weighted by atomic mass is 16.5. The minimum atomic E-state index is -0.737. The average Bonchev–Trinajstić information content (AvgIpc) is 2.42. The first-order chi connectivity index (χ1) is 6.56. The van der Waals surface area contributed by atoms with Crippen molar-refractivity contribution in [1.82, 2.24) is 0 Å². The summed E-state index contributed by atoms with van der Waals surface area (Å²) in [5.74, 6) is -0.650. The number of hydrogen-bond donors (Lipinski definition) is 2. The lowest BCUT2D eigenvalue weighted by Gasteiger charge is -2.36. The Morgan fingerprint density at radius 3 is 3.00 bits per heavy atom. The molecule has 1 heterocycles. The van der Waals surface area contributed by atoms with E-state index in [1.165, 1.54) is 0 Å². The number of hydrogen-bond acceptors (Lipinski definition) is 4. The molecule has 2 aliphatic rings. The second-order valence-corrected chi connectivity index (χ2v) is 4.59. The molecule has 0 bridgehead atoms. The Morgan fingerprint density at radius 1 is 1.64 bits per heavy atom. The summed E-state index contributed by atoms with van der Waals surface area (Å²) in [6.45, 7) is 1.91. The van der Waals surface area contributed by atoms with Gasteiger partial charge in [-0.3, -0.25) is 4.79 Å². The van der Waals surface area contributed by atoms with Crippen LogP contribution in [0.4, 0.5) is 0 Å². The van der Waals surface area contributed by atoms with Crippen molar-refractivity contribution < 1.29 is 19.7 Å². The van der Waals surface area contributed by atoms with E-state index < -0.39 is 11.5 Å². The smallest absolute Gasteiger partial charge is 0.311 e. The van der Waals surface area contributed by atoms with E-state index in [-0.39, 0.29) is 24.4 Å². The zero-order valence-electron chi connectivity index (χ0n) is 8.27. The highest BCUT2D eigenvalue weighted by Gasteiger charge is 2.52. The van der Waals surface area contributed by atoms with Crippen molar-refractivity contribution in [2.75, 3.05) is 13.2 Å². The maximum atomic E-state index is 11.3. The molecule has 1 saturated heterocycles. The van der Waals surface area contributed by atoms with Crippen LogP contribution in [0.25, 0.3) is 0 Å². The van der Waals surface area contributed by atoms with E-state index in [1.54, 1.807) is 6.92 Å². The summed E-state index contributed by atoms with van der Waals surface area (Å²) < 4.78 is 4.97. The third-order valence-corrected chi connectivity index (χ3v) is 3.72. The molecule has 4 nitrogen and oxygen atoms in total. The molecule has 1 aliphatic heterocycles. The third-order valence-electron chi connectivity index (χ3n) is 3.72. The standard InChI is InChI=1S/C10H16O4/c1-10(13)3-2-6-7(4-11)9(12)14-5-8(6)10/h6-8,11,13H,2-5H2,1H3. The van der Waals surface area contributed by atoms with Gasteiger partial charge < -0.3 is 14.9 Å². The minimum absolute atomic E-state index is 0.00245. The van der Waals surface area contributed by atoms with Gasteiger partial charge in [0, 0.05) is 5.92 Å². The van der Waals surface area contributed by atoms with Gasteiger partial charge in [-0.15, -0.1) is 0 Å². The molecule has 2 rings (SSSR count). The van der Waals surface area contributed by atoms with Crippen LogP contribution < -0.4 is 0 Å². The number of fused-ring (bicyclic) bond motifs is 1. The van der Waals surface area contributed by atoms with Gasteiger partial charge in [0.25, 0.3) is 0 Å². The quantitative estimate of drug-likeness (QED) is 0.581. The number of ether oxygens (including phenoxy) is 1. The summed E-state index contributed by atoms with van der Waals surface area (Å²) in [5, 5.41) is 19.1. The molecular weight excluding hydrogens is 184 g/mol. The fourth-order valence-corrected chi connectivity index (χ4v) is 2.76. The van der Waals surface area contributed by atoms with E-state index in [2.05, 4.69) is 0 Å². The Morgan fingerprint density at radius 2 is 2.36 bits per heavy atom. The number of rotatable bonds is 1. The molecule has 1 saturated carbocycles. The SMILES string of the molecule is CC1(O)CCC2C(CO)C(=O)OCC21. The number of carbonyl (C=O) groups is 1. The van der Waals surface area contributed by atoms with E-state index in [4.69, 9.17) is 9.84 Å². The van der Waals surface area contributed by atoms with Crippen molar-refractivity contribution >= 4 is 5.97 Å². The first-order valence-corrected chi connectivity index (χ1v) is 5.06. The number of carbonyl (C=O) groups excluding carboxylic acids is 1.